The molecule has 164 valence electrons. The number of carbonyl (C=O) groups excluding carboxylic acids is 1. The van der Waals surface area contributed by atoms with Crippen LogP contribution in [0.1, 0.15) is 23.2 Å². The van der Waals surface area contributed by atoms with Crippen molar-refractivity contribution < 1.29 is 27.6 Å². The number of anilines is 1. The Morgan fingerprint density at radius 2 is 1.87 bits per heavy atom. The number of fused-ring (bicyclic) bond motifs is 1. The predicted molar refractivity (Wildman–Crippen MR) is 111 cm³/mol. The maximum Gasteiger partial charge on any atom is 0.297 e. The van der Waals surface area contributed by atoms with Crippen molar-refractivity contribution in [3.05, 3.63) is 58.1 Å². The topological polar surface area (TPSA) is 137 Å². The Labute approximate surface area is 178 Å². The molecule has 1 unspecified atom stereocenters. The van der Waals surface area contributed by atoms with Crippen molar-refractivity contribution in [2.75, 3.05) is 25.1 Å². The van der Waals surface area contributed by atoms with Crippen LogP contribution >= 0.6 is 0 Å². The van der Waals surface area contributed by atoms with E-state index in [0.717, 1.165) is 18.9 Å². The third kappa shape index (κ3) is 4.47. The third-order valence-electron chi connectivity index (χ3n) is 5.41. The maximum atomic E-state index is 12.7. The van der Waals surface area contributed by atoms with Crippen LogP contribution in [0.25, 0.3) is 0 Å². The Morgan fingerprint density at radius 1 is 1.16 bits per heavy atom. The number of hydrogen-bond acceptors (Lipinski definition) is 8. The number of ether oxygens (including phenoxy) is 2. The summed E-state index contributed by atoms with van der Waals surface area (Å²) in [7, 11) is -4.36. The molecule has 2 aromatic rings. The molecule has 1 amide bonds. The number of nitro benzene ring substituents is 1. The first-order valence-electron chi connectivity index (χ1n) is 9.77. The lowest BCUT2D eigenvalue weighted by molar-refractivity contribution is -0.384. The van der Waals surface area contributed by atoms with Gasteiger partial charge in [-0.15, -0.1) is 0 Å². The molecular weight excluding hydrogens is 426 g/mol. The molecule has 0 aromatic heterocycles. The smallest absolute Gasteiger partial charge is 0.297 e. The molecule has 2 aromatic carbocycles. The lowest BCUT2D eigenvalue weighted by Gasteiger charge is -2.35. The number of rotatable bonds is 5. The molecule has 0 bridgehead atoms. The molecular formula is C20H21N3O7S. The van der Waals surface area contributed by atoms with Gasteiger partial charge in [-0.25, -0.2) is 13.1 Å². The van der Waals surface area contributed by atoms with Gasteiger partial charge in [0, 0.05) is 30.9 Å². The monoisotopic (exact) mass is 447 g/mol. The van der Waals surface area contributed by atoms with Crippen molar-refractivity contribution in [1.29, 1.82) is 0 Å². The highest BCUT2D eigenvalue weighted by atomic mass is 32.2. The van der Waals surface area contributed by atoms with Crippen molar-refractivity contribution in [1.82, 2.24) is 4.72 Å². The second-order valence-electron chi connectivity index (χ2n) is 7.38. The molecule has 2 aliphatic heterocycles. The van der Waals surface area contributed by atoms with E-state index >= 15 is 0 Å². The Morgan fingerprint density at radius 3 is 2.55 bits per heavy atom. The number of amides is 1. The standard InChI is InChI=1S/C20H21N3O7S/c24-20(14-4-2-1-3-5-14)22-31(27,28)15-10-17(23(25)26)19-18(11-15)30-12-16(21-19)13-6-8-29-9-7-13/h1-5,10-11,13,16,21H,6-9,12H2,(H,22,24). The zero-order chi connectivity index (χ0) is 22.0. The average molecular weight is 447 g/mol. The van der Waals surface area contributed by atoms with Crippen LogP contribution in [0.4, 0.5) is 11.4 Å². The average Bonchev–Trinajstić information content (AvgIpc) is 2.78. The van der Waals surface area contributed by atoms with E-state index in [2.05, 4.69) is 5.32 Å². The molecule has 2 aliphatic rings. The molecule has 10 nitrogen and oxygen atoms in total. The molecule has 11 heteroatoms. The van der Waals surface area contributed by atoms with E-state index in [1.165, 1.54) is 18.2 Å². The summed E-state index contributed by atoms with van der Waals surface area (Å²) >= 11 is 0. The highest BCUT2D eigenvalue weighted by molar-refractivity contribution is 7.90. The summed E-state index contributed by atoms with van der Waals surface area (Å²) in [5, 5.41) is 14.8. The molecule has 4 rings (SSSR count). The number of carbonyl (C=O) groups is 1. The SMILES string of the molecule is O=C(NS(=O)(=O)c1cc2c(c([N+](=O)[O-])c1)NC(C1CCOCC1)CO2)c1ccccc1. The van der Waals surface area contributed by atoms with Crippen molar-refractivity contribution in [3.63, 3.8) is 0 Å². The summed E-state index contributed by atoms with van der Waals surface area (Å²) in [4.78, 5) is 22.9. The van der Waals surface area contributed by atoms with Gasteiger partial charge in [-0.3, -0.25) is 14.9 Å². The van der Waals surface area contributed by atoms with E-state index in [4.69, 9.17) is 9.47 Å². The van der Waals surface area contributed by atoms with Crippen LogP contribution in [0.3, 0.4) is 0 Å². The fourth-order valence-corrected chi connectivity index (χ4v) is 4.75. The number of nitrogens with one attached hydrogen (secondary N) is 2. The minimum Gasteiger partial charge on any atom is -0.489 e. The van der Waals surface area contributed by atoms with Gasteiger partial charge in [-0.05, 0) is 30.9 Å². The van der Waals surface area contributed by atoms with Crippen molar-refractivity contribution in [3.8, 4) is 5.75 Å². The van der Waals surface area contributed by atoms with Gasteiger partial charge >= 0.3 is 0 Å². The minimum atomic E-state index is -4.36. The Kier molecular flexibility index (Phi) is 5.79. The zero-order valence-electron chi connectivity index (χ0n) is 16.4. The summed E-state index contributed by atoms with van der Waals surface area (Å²) in [6, 6.07) is 9.79. The van der Waals surface area contributed by atoms with Crippen LogP contribution in [0.5, 0.6) is 5.75 Å². The molecule has 1 fully saturated rings. The maximum absolute atomic E-state index is 12.7. The van der Waals surface area contributed by atoms with Gasteiger partial charge in [-0.2, -0.15) is 0 Å². The number of benzene rings is 2. The van der Waals surface area contributed by atoms with Gasteiger partial charge in [0.15, 0.2) is 11.4 Å². The molecule has 0 aliphatic carbocycles. The van der Waals surface area contributed by atoms with Gasteiger partial charge in [0.25, 0.3) is 21.6 Å². The lowest BCUT2D eigenvalue weighted by atomic mass is 9.91. The van der Waals surface area contributed by atoms with Gasteiger partial charge < -0.3 is 14.8 Å². The van der Waals surface area contributed by atoms with E-state index in [1.54, 1.807) is 18.2 Å². The molecule has 0 saturated carbocycles. The first kappa shape index (κ1) is 21.1. The fraction of sp³-hybridized carbons (Fsp3) is 0.350. The van der Waals surface area contributed by atoms with Gasteiger partial charge in [0.05, 0.1) is 15.9 Å². The molecule has 1 saturated heterocycles. The third-order valence-corrected chi connectivity index (χ3v) is 6.72. The fourth-order valence-electron chi connectivity index (χ4n) is 3.74. The molecule has 2 heterocycles. The van der Waals surface area contributed by atoms with Crippen LogP contribution in [0.15, 0.2) is 47.4 Å². The van der Waals surface area contributed by atoms with E-state index in [9.17, 15) is 23.3 Å². The number of hydrogen-bond donors (Lipinski definition) is 2. The van der Waals surface area contributed by atoms with Crippen LogP contribution in [-0.2, 0) is 14.8 Å². The zero-order valence-corrected chi connectivity index (χ0v) is 17.3. The van der Waals surface area contributed by atoms with Gasteiger partial charge in [-0.1, -0.05) is 18.2 Å². The van der Waals surface area contributed by atoms with Crippen LogP contribution in [-0.4, -0.2) is 45.1 Å². The highest BCUT2D eigenvalue weighted by Gasteiger charge is 2.34. The normalized spacial score (nSPS) is 18.9. The first-order valence-corrected chi connectivity index (χ1v) is 11.2. The van der Waals surface area contributed by atoms with E-state index in [0.29, 0.717) is 13.2 Å². The summed E-state index contributed by atoms with van der Waals surface area (Å²) in [5.74, 6) is -0.542. The van der Waals surface area contributed by atoms with Gasteiger partial charge in [0.2, 0.25) is 0 Å². The van der Waals surface area contributed by atoms with E-state index in [1.807, 2.05) is 4.72 Å². The predicted octanol–water partition coefficient (Wildman–Crippen LogP) is 2.31. The Hall–Kier alpha value is -3.18. The summed E-state index contributed by atoms with van der Waals surface area (Å²) in [6.07, 6.45) is 1.62. The minimum absolute atomic E-state index is 0.0602. The lowest BCUT2D eigenvalue weighted by Crippen LogP contribution is -2.40. The number of sulfonamides is 1. The molecule has 1 atom stereocenters. The second kappa shape index (κ2) is 8.52. The van der Waals surface area contributed by atoms with Crippen molar-refractivity contribution >= 4 is 27.3 Å². The molecule has 2 N–H and O–H groups in total. The summed E-state index contributed by atoms with van der Waals surface area (Å²) < 4.78 is 38.5. The highest BCUT2D eigenvalue weighted by Crippen LogP contribution is 2.41. The summed E-state index contributed by atoms with van der Waals surface area (Å²) in [5.41, 5.74) is -0.140. The second-order valence-corrected chi connectivity index (χ2v) is 9.07. The largest absolute Gasteiger partial charge is 0.489 e. The molecule has 31 heavy (non-hydrogen) atoms. The first-order chi connectivity index (χ1) is 14.8. The Bertz CT molecular complexity index is 1100. The van der Waals surface area contributed by atoms with Crippen LogP contribution in [0.2, 0.25) is 0 Å². The Balaban J connectivity index is 1.62. The van der Waals surface area contributed by atoms with Gasteiger partial charge in [0.1, 0.15) is 6.61 Å². The van der Waals surface area contributed by atoms with E-state index < -0.39 is 31.4 Å². The van der Waals surface area contributed by atoms with E-state index in [-0.39, 0.29) is 35.6 Å². The quantitative estimate of drug-likeness (QED) is 0.526. The van der Waals surface area contributed by atoms with Crippen LogP contribution in [0, 0.1) is 16.0 Å². The number of nitro groups is 1. The van der Waals surface area contributed by atoms with Crippen molar-refractivity contribution in [2.24, 2.45) is 5.92 Å². The molecule has 0 radical (unpaired) electrons. The van der Waals surface area contributed by atoms with Crippen molar-refractivity contribution in [2.45, 2.75) is 23.8 Å². The molecule has 0 spiro atoms. The van der Waals surface area contributed by atoms with Crippen LogP contribution < -0.4 is 14.8 Å². The summed E-state index contributed by atoms with van der Waals surface area (Å²) in [6.45, 7) is 1.49. The number of nitrogens with zero attached hydrogens (tertiary/aromatic N) is 1.